The molecule has 1 aliphatic carbocycles. The van der Waals surface area contributed by atoms with Crippen LogP contribution in [0.2, 0.25) is 0 Å². The second kappa shape index (κ2) is 7.83. The Morgan fingerprint density at radius 1 is 0.553 bits per heavy atom. The van der Waals surface area contributed by atoms with Crippen molar-refractivity contribution in [3.63, 3.8) is 0 Å². The average Bonchev–Trinajstić information content (AvgIpc) is 3.43. The Morgan fingerprint density at radius 2 is 1.21 bits per heavy atom. The lowest BCUT2D eigenvalue weighted by Crippen LogP contribution is -2.14. The van der Waals surface area contributed by atoms with E-state index in [1.807, 2.05) is 24.3 Å². The van der Waals surface area contributed by atoms with Crippen LogP contribution in [-0.2, 0) is 5.41 Å². The van der Waals surface area contributed by atoms with Gasteiger partial charge in [-0.15, -0.1) is 11.3 Å². The number of hydrogen-bond donors (Lipinski definition) is 0. The Hall–Kier alpha value is -4.34. The molecule has 2 nitrogen and oxygen atoms in total. The minimum Gasteiger partial charge on any atom is -0.243 e. The van der Waals surface area contributed by atoms with Crippen molar-refractivity contribution in [2.24, 2.45) is 0 Å². The average molecular weight is 505 g/mol. The highest BCUT2D eigenvalue weighted by Crippen LogP contribution is 2.49. The molecule has 3 heteroatoms. The summed E-state index contributed by atoms with van der Waals surface area (Å²) in [6.45, 7) is 4.68. The Labute approximate surface area is 225 Å². The van der Waals surface area contributed by atoms with Crippen LogP contribution in [0.1, 0.15) is 25.0 Å². The summed E-state index contributed by atoms with van der Waals surface area (Å²) in [7, 11) is 0. The van der Waals surface area contributed by atoms with E-state index < -0.39 is 0 Å². The SMILES string of the molecule is CC1(C)c2ccccc2-c2ccc(-c3cccc(-c4ccc5sc6nc7ccccc7nc6c5c4)c3)cc21. The number of fused-ring (bicyclic) bond motifs is 7. The van der Waals surface area contributed by atoms with Gasteiger partial charge in [-0.2, -0.15) is 0 Å². The molecule has 0 N–H and O–H groups in total. The Morgan fingerprint density at radius 3 is 2.05 bits per heavy atom. The van der Waals surface area contributed by atoms with Crippen LogP contribution in [0, 0.1) is 0 Å². The third kappa shape index (κ3) is 3.12. The van der Waals surface area contributed by atoms with Crippen molar-refractivity contribution in [2.75, 3.05) is 0 Å². The molecular weight excluding hydrogens is 480 g/mol. The highest BCUT2D eigenvalue weighted by molar-refractivity contribution is 7.25. The molecule has 0 unspecified atom stereocenters. The van der Waals surface area contributed by atoms with E-state index in [0.717, 1.165) is 21.4 Å². The summed E-state index contributed by atoms with van der Waals surface area (Å²) < 4.78 is 1.22. The zero-order chi connectivity index (χ0) is 25.4. The van der Waals surface area contributed by atoms with Crippen LogP contribution in [0.25, 0.3) is 64.8 Å². The van der Waals surface area contributed by atoms with Gasteiger partial charge in [0.15, 0.2) is 0 Å². The molecule has 8 rings (SSSR count). The number of hydrogen-bond acceptors (Lipinski definition) is 3. The maximum Gasteiger partial charge on any atom is 0.143 e. The largest absolute Gasteiger partial charge is 0.243 e. The number of rotatable bonds is 2. The van der Waals surface area contributed by atoms with E-state index >= 15 is 0 Å². The summed E-state index contributed by atoms with van der Waals surface area (Å²) in [4.78, 5) is 10.9. The minimum atomic E-state index is -0.00417. The number of benzene rings is 5. The van der Waals surface area contributed by atoms with Gasteiger partial charge in [-0.05, 0) is 80.9 Å². The molecular formula is C35H24N2S. The minimum absolute atomic E-state index is 0.00417. The molecule has 5 aromatic carbocycles. The standard InChI is InChI=1S/C35H24N2S/c1-35(2)28-11-4-3-10-25(28)26-16-14-24(20-29(26)35)22-9-7-8-21(18-22)23-15-17-32-27(19-23)33-34(38-32)37-31-13-6-5-12-30(31)36-33/h3-20H,1-2H3. The maximum absolute atomic E-state index is 4.98. The van der Waals surface area contributed by atoms with Crippen molar-refractivity contribution in [3.05, 3.63) is 120 Å². The number of thiophene rings is 1. The van der Waals surface area contributed by atoms with Gasteiger partial charge in [0.2, 0.25) is 0 Å². The van der Waals surface area contributed by atoms with Gasteiger partial charge in [0.05, 0.1) is 11.0 Å². The van der Waals surface area contributed by atoms with E-state index in [2.05, 4.69) is 98.8 Å². The maximum atomic E-state index is 4.98. The normalized spacial score (nSPS) is 13.7. The monoisotopic (exact) mass is 504 g/mol. The first-order valence-corrected chi connectivity index (χ1v) is 13.8. The molecule has 0 spiro atoms. The van der Waals surface area contributed by atoms with Gasteiger partial charge >= 0.3 is 0 Å². The van der Waals surface area contributed by atoms with Crippen molar-refractivity contribution in [2.45, 2.75) is 19.3 Å². The predicted molar refractivity (Wildman–Crippen MR) is 161 cm³/mol. The Balaban J connectivity index is 1.23. The van der Waals surface area contributed by atoms with Gasteiger partial charge in [-0.3, -0.25) is 0 Å². The van der Waals surface area contributed by atoms with E-state index in [0.29, 0.717) is 0 Å². The highest BCUT2D eigenvalue weighted by atomic mass is 32.1. The van der Waals surface area contributed by atoms with Gasteiger partial charge in [0, 0.05) is 15.5 Å². The summed E-state index contributed by atoms with van der Waals surface area (Å²) in [6.07, 6.45) is 0. The fourth-order valence-electron chi connectivity index (χ4n) is 6.08. The van der Waals surface area contributed by atoms with Crippen molar-refractivity contribution < 1.29 is 0 Å². The van der Waals surface area contributed by atoms with Gasteiger partial charge in [0.25, 0.3) is 0 Å². The van der Waals surface area contributed by atoms with Gasteiger partial charge in [-0.1, -0.05) is 86.6 Å². The van der Waals surface area contributed by atoms with Crippen LogP contribution in [-0.4, -0.2) is 9.97 Å². The van der Waals surface area contributed by atoms with Crippen molar-refractivity contribution in [1.29, 1.82) is 0 Å². The Bertz CT molecular complexity index is 2060. The molecule has 180 valence electrons. The van der Waals surface area contributed by atoms with Gasteiger partial charge in [-0.25, -0.2) is 9.97 Å². The molecule has 2 heterocycles. The lowest BCUT2D eigenvalue weighted by atomic mass is 9.81. The summed E-state index contributed by atoms with van der Waals surface area (Å²) >= 11 is 1.71. The van der Waals surface area contributed by atoms with Crippen LogP contribution in [0.15, 0.2) is 109 Å². The van der Waals surface area contributed by atoms with Crippen LogP contribution in [0.4, 0.5) is 0 Å². The second-order valence-electron chi connectivity index (χ2n) is 10.7. The first kappa shape index (κ1) is 21.7. The molecule has 1 aliphatic rings. The van der Waals surface area contributed by atoms with Crippen LogP contribution < -0.4 is 0 Å². The molecule has 0 fully saturated rings. The third-order valence-corrected chi connectivity index (χ3v) is 9.15. The van der Waals surface area contributed by atoms with E-state index in [4.69, 9.17) is 9.97 Å². The van der Waals surface area contributed by atoms with E-state index in [-0.39, 0.29) is 5.41 Å². The van der Waals surface area contributed by atoms with E-state index in [9.17, 15) is 0 Å². The van der Waals surface area contributed by atoms with E-state index in [1.54, 1.807) is 11.3 Å². The molecule has 0 amide bonds. The van der Waals surface area contributed by atoms with Crippen LogP contribution >= 0.6 is 11.3 Å². The number of nitrogens with zero attached hydrogens (tertiary/aromatic N) is 2. The van der Waals surface area contributed by atoms with Gasteiger partial charge in [0.1, 0.15) is 10.3 Å². The topological polar surface area (TPSA) is 25.8 Å². The van der Waals surface area contributed by atoms with Crippen molar-refractivity contribution in [1.82, 2.24) is 9.97 Å². The summed E-state index contributed by atoms with van der Waals surface area (Å²) in [6, 6.07) is 39.5. The zero-order valence-corrected chi connectivity index (χ0v) is 22.0. The van der Waals surface area contributed by atoms with Crippen molar-refractivity contribution >= 4 is 42.8 Å². The molecule has 0 aliphatic heterocycles. The van der Waals surface area contributed by atoms with Gasteiger partial charge < -0.3 is 0 Å². The summed E-state index contributed by atoms with van der Waals surface area (Å²) in [5, 5.41) is 1.17. The van der Waals surface area contributed by atoms with E-state index in [1.165, 1.54) is 54.6 Å². The molecule has 0 atom stereocenters. The predicted octanol–water partition coefficient (Wildman–Crippen LogP) is 9.64. The fraction of sp³-hybridized carbons (Fsp3) is 0.0857. The molecule has 0 bridgehead atoms. The summed E-state index contributed by atoms with van der Waals surface area (Å²) in [5.74, 6) is 0. The lowest BCUT2D eigenvalue weighted by molar-refractivity contribution is 0.660. The molecule has 2 aromatic heterocycles. The lowest BCUT2D eigenvalue weighted by Gasteiger charge is -2.22. The quantitative estimate of drug-likeness (QED) is 0.234. The number of aromatic nitrogens is 2. The highest BCUT2D eigenvalue weighted by Gasteiger charge is 2.35. The smallest absolute Gasteiger partial charge is 0.143 e. The van der Waals surface area contributed by atoms with Crippen LogP contribution in [0.5, 0.6) is 0 Å². The molecule has 0 radical (unpaired) electrons. The molecule has 0 saturated carbocycles. The molecule has 7 aromatic rings. The number of para-hydroxylation sites is 2. The fourth-order valence-corrected chi connectivity index (χ4v) is 7.09. The first-order valence-electron chi connectivity index (χ1n) is 13.0. The summed E-state index contributed by atoms with van der Waals surface area (Å²) in [5.41, 5.74) is 13.3. The third-order valence-electron chi connectivity index (χ3n) is 8.09. The second-order valence-corrected chi connectivity index (χ2v) is 11.7. The Kier molecular flexibility index (Phi) is 4.48. The molecule has 0 saturated heterocycles. The first-order chi connectivity index (χ1) is 18.6. The molecule has 38 heavy (non-hydrogen) atoms. The van der Waals surface area contributed by atoms with Crippen LogP contribution in [0.3, 0.4) is 0 Å². The van der Waals surface area contributed by atoms with Crippen molar-refractivity contribution in [3.8, 4) is 33.4 Å². The zero-order valence-electron chi connectivity index (χ0n) is 21.2.